The molecule has 3 unspecified atom stereocenters. The van der Waals surface area contributed by atoms with Crippen LogP contribution in [0, 0.1) is 5.82 Å². The van der Waals surface area contributed by atoms with Gasteiger partial charge in [0, 0.05) is 16.6 Å². The Bertz CT molecular complexity index is 699. The van der Waals surface area contributed by atoms with Gasteiger partial charge in [0.1, 0.15) is 12.1 Å². The minimum Gasteiger partial charge on any atom is -0.302 e. The maximum atomic E-state index is 14.2. The number of likely N-dealkylation sites (N-methyl/N-ethyl adjacent to an activating group) is 1. The number of halogens is 2. The number of nitrogens with zero attached hydrogens (tertiary/aromatic N) is 1. The van der Waals surface area contributed by atoms with E-state index in [0.29, 0.717) is 10.8 Å². The Morgan fingerprint density at radius 3 is 2.73 bits per heavy atom. The van der Waals surface area contributed by atoms with Crippen molar-refractivity contribution in [3.8, 4) is 0 Å². The van der Waals surface area contributed by atoms with E-state index in [1.54, 1.807) is 20.0 Å². The van der Waals surface area contributed by atoms with E-state index in [1.165, 1.54) is 17.0 Å². The Kier molecular flexibility index (Phi) is 4.74. The fourth-order valence-electron chi connectivity index (χ4n) is 2.79. The quantitative estimate of drug-likeness (QED) is 0.589. The Balaban J connectivity index is 2.52. The molecule has 0 amide bonds. The van der Waals surface area contributed by atoms with Crippen LogP contribution in [0.15, 0.2) is 22.7 Å². The Labute approximate surface area is 136 Å². The van der Waals surface area contributed by atoms with E-state index in [4.69, 9.17) is 0 Å². The third-order valence-corrected chi connectivity index (χ3v) is 5.36. The van der Waals surface area contributed by atoms with E-state index in [0.717, 1.165) is 0 Å². The van der Waals surface area contributed by atoms with Gasteiger partial charge < -0.3 is 4.79 Å². The van der Waals surface area contributed by atoms with Crippen LogP contribution < -0.4 is 5.32 Å². The first-order chi connectivity index (χ1) is 10.1. The zero-order valence-corrected chi connectivity index (χ0v) is 14.4. The number of piperazine rings is 1. The number of hydrogen-bond donors (Lipinski definition) is 2. The third kappa shape index (κ3) is 3.23. The average Bonchev–Trinajstić information content (AvgIpc) is 2.39. The smallest absolute Gasteiger partial charge is 0.283 e. The molecular formula is C13H16BrFN2O4S. The van der Waals surface area contributed by atoms with E-state index in [1.807, 2.05) is 0 Å². The first kappa shape index (κ1) is 17.5. The second-order valence-electron chi connectivity index (χ2n) is 5.58. The van der Waals surface area contributed by atoms with Crippen LogP contribution in [-0.4, -0.2) is 49.2 Å². The molecule has 0 aromatic heterocycles. The molecule has 0 aliphatic carbocycles. The van der Waals surface area contributed by atoms with Gasteiger partial charge in [0.2, 0.25) is 0 Å². The summed E-state index contributed by atoms with van der Waals surface area (Å²) in [7, 11) is -2.99. The van der Waals surface area contributed by atoms with Crippen LogP contribution in [0.2, 0.25) is 0 Å². The van der Waals surface area contributed by atoms with Crippen molar-refractivity contribution in [3.05, 3.63) is 34.1 Å². The molecule has 1 aliphatic rings. The van der Waals surface area contributed by atoms with Crippen LogP contribution in [0.25, 0.3) is 0 Å². The molecule has 0 saturated carbocycles. The summed E-state index contributed by atoms with van der Waals surface area (Å²) < 4.78 is 47.3. The van der Waals surface area contributed by atoms with E-state index in [2.05, 4.69) is 21.2 Å². The molecule has 1 aromatic rings. The highest BCUT2D eigenvalue weighted by Crippen LogP contribution is 2.32. The molecule has 0 radical (unpaired) electrons. The predicted molar refractivity (Wildman–Crippen MR) is 82.4 cm³/mol. The number of benzene rings is 1. The normalized spacial score (nSPS) is 30.2. The number of carbonyl (C=O) groups excluding carboxylic acids is 1. The molecule has 1 saturated heterocycles. The summed E-state index contributed by atoms with van der Waals surface area (Å²) in [6.07, 6.45) is 0.447. The van der Waals surface area contributed by atoms with Gasteiger partial charge in [-0.05, 0) is 32.2 Å². The van der Waals surface area contributed by atoms with Crippen molar-refractivity contribution in [2.24, 2.45) is 0 Å². The second-order valence-corrected chi connectivity index (χ2v) is 8.03. The van der Waals surface area contributed by atoms with Crippen LogP contribution in [0.5, 0.6) is 0 Å². The van der Waals surface area contributed by atoms with Crippen molar-refractivity contribution in [2.45, 2.75) is 23.9 Å². The molecule has 2 rings (SSSR count). The standard InChI is InChI=1S/C13H16BrFN2O4S/c1-13(9-5-8(14)3-4-10(9)15)7-17(2)11(6-18)12(16-13)22(19,20)21/h3-6,11-12,16H,7H2,1-2H3,(H,19,20,21). The van der Waals surface area contributed by atoms with Gasteiger partial charge >= 0.3 is 0 Å². The highest BCUT2D eigenvalue weighted by Gasteiger charge is 2.47. The maximum absolute atomic E-state index is 14.2. The van der Waals surface area contributed by atoms with Gasteiger partial charge in [0.25, 0.3) is 10.1 Å². The topological polar surface area (TPSA) is 86.7 Å². The maximum Gasteiger partial charge on any atom is 0.283 e. The molecular weight excluding hydrogens is 379 g/mol. The van der Waals surface area contributed by atoms with Crippen LogP contribution in [0.4, 0.5) is 4.39 Å². The first-order valence-corrected chi connectivity index (χ1v) is 8.73. The minimum atomic E-state index is -4.54. The Morgan fingerprint density at radius 2 is 2.18 bits per heavy atom. The van der Waals surface area contributed by atoms with Crippen molar-refractivity contribution in [1.29, 1.82) is 0 Å². The molecule has 9 heteroatoms. The molecule has 0 spiro atoms. The van der Waals surface area contributed by atoms with Crippen molar-refractivity contribution in [1.82, 2.24) is 10.2 Å². The van der Waals surface area contributed by atoms with Crippen LogP contribution >= 0.6 is 15.9 Å². The summed E-state index contributed by atoms with van der Waals surface area (Å²) in [6.45, 7) is 1.81. The number of nitrogens with one attached hydrogen (secondary N) is 1. The number of carbonyl (C=O) groups is 1. The lowest BCUT2D eigenvalue weighted by Gasteiger charge is -2.46. The summed E-state index contributed by atoms with van der Waals surface area (Å²) in [5, 5.41) is 1.18. The average molecular weight is 395 g/mol. The zero-order valence-electron chi connectivity index (χ0n) is 12.0. The van der Waals surface area contributed by atoms with Gasteiger partial charge in [-0.3, -0.25) is 14.8 Å². The zero-order chi connectivity index (χ0) is 16.7. The number of hydrogen-bond acceptors (Lipinski definition) is 5. The number of aldehydes is 1. The van der Waals surface area contributed by atoms with Crippen molar-refractivity contribution in [2.75, 3.05) is 13.6 Å². The molecule has 2 N–H and O–H groups in total. The second kappa shape index (κ2) is 5.97. The Morgan fingerprint density at radius 1 is 1.55 bits per heavy atom. The summed E-state index contributed by atoms with van der Waals surface area (Å²) in [4.78, 5) is 12.6. The van der Waals surface area contributed by atoms with Gasteiger partial charge in [0.15, 0.2) is 5.37 Å². The largest absolute Gasteiger partial charge is 0.302 e. The fraction of sp³-hybridized carbons (Fsp3) is 0.462. The van der Waals surface area contributed by atoms with Gasteiger partial charge in [-0.2, -0.15) is 8.42 Å². The lowest BCUT2D eigenvalue weighted by Crippen LogP contribution is -2.68. The van der Waals surface area contributed by atoms with Gasteiger partial charge in [-0.25, -0.2) is 4.39 Å². The van der Waals surface area contributed by atoms with Gasteiger partial charge in [-0.1, -0.05) is 15.9 Å². The number of rotatable bonds is 3. The molecule has 122 valence electrons. The van der Waals surface area contributed by atoms with Crippen LogP contribution in [-0.2, 0) is 20.5 Å². The molecule has 1 aliphatic heterocycles. The van der Waals surface area contributed by atoms with Gasteiger partial charge in [0.05, 0.1) is 11.6 Å². The first-order valence-electron chi connectivity index (χ1n) is 6.43. The van der Waals surface area contributed by atoms with E-state index >= 15 is 0 Å². The van der Waals surface area contributed by atoms with Crippen molar-refractivity contribution >= 4 is 32.3 Å². The van der Waals surface area contributed by atoms with E-state index < -0.39 is 32.9 Å². The highest BCUT2D eigenvalue weighted by atomic mass is 79.9. The summed E-state index contributed by atoms with van der Waals surface area (Å²) in [5.41, 5.74) is -0.852. The highest BCUT2D eigenvalue weighted by molar-refractivity contribution is 9.10. The van der Waals surface area contributed by atoms with Crippen LogP contribution in [0.1, 0.15) is 12.5 Å². The molecule has 1 heterocycles. The minimum absolute atomic E-state index is 0.190. The van der Waals surface area contributed by atoms with E-state index in [-0.39, 0.29) is 12.1 Å². The molecule has 1 fully saturated rings. The lowest BCUT2D eigenvalue weighted by molar-refractivity contribution is -0.114. The van der Waals surface area contributed by atoms with E-state index in [9.17, 15) is 22.2 Å². The van der Waals surface area contributed by atoms with Crippen molar-refractivity contribution in [3.63, 3.8) is 0 Å². The molecule has 0 bridgehead atoms. The summed E-state index contributed by atoms with van der Waals surface area (Å²) >= 11 is 3.25. The SMILES string of the molecule is CN1CC(C)(c2cc(Br)ccc2F)NC(S(=O)(=O)O)C1C=O. The fourth-order valence-corrected chi connectivity index (χ4v) is 4.18. The molecule has 1 aromatic carbocycles. The predicted octanol–water partition coefficient (Wildman–Crippen LogP) is 1.12. The summed E-state index contributed by atoms with van der Waals surface area (Å²) in [6, 6.07) is 3.28. The molecule has 3 atom stereocenters. The van der Waals surface area contributed by atoms with Crippen molar-refractivity contribution < 1.29 is 22.2 Å². The molecule has 6 nitrogen and oxygen atoms in total. The molecule has 22 heavy (non-hydrogen) atoms. The van der Waals surface area contributed by atoms with Gasteiger partial charge in [-0.15, -0.1) is 0 Å². The lowest BCUT2D eigenvalue weighted by atomic mass is 9.88. The Hall–Kier alpha value is -0.870. The monoisotopic (exact) mass is 394 g/mol. The van der Waals surface area contributed by atoms with Crippen LogP contribution in [0.3, 0.4) is 0 Å². The summed E-state index contributed by atoms with van der Waals surface area (Å²) in [5.74, 6) is -0.509. The third-order valence-electron chi connectivity index (χ3n) is 3.83.